The van der Waals surface area contributed by atoms with Gasteiger partial charge in [-0.2, -0.15) is 0 Å². The van der Waals surface area contributed by atoms with E-state index in [0.717, 1.165) is 11.3 Å². The van der Waals surface area contributed by atoms with Crippen molar-refractivity contribution in [3.05, 3.63) is 64.2 Å². The van der Waals surface area contributed by atoms with Crippen molar-refractivity contribution in [3.8, 4) is 0 Å². The highest BCUT2D eigenvalue weighted by Gasteiger charge is 2.06. The summed E-state index contributed by atoms with van der Waals surface area (Å²) in [7, 11) is 0. The Labute approximate surface area is 120 Å². The molecule has 0 fully saturated rings. The first kappa shape index (κ1) is 14.3. The van der Waals surface area contributed by atoms with Crippen LogP contribution in [0, 0.1) is 27.7 Å². The van der Waals surface area contributed by atoms with E-state index in [1.54, 1.807) is 0 Å². The maximum atomic E-state index is 12.1. The number of benzene rings is 2. The Morgan fingerprint density at radius 1 is 0.850 bits per heavy atom. The van der Waals surface area contributed by atoms with Gasteiger partial charge >= 0.3 is 0 Å². The largest absolute Gasteiger partial charge is 0.326 e. The van der Waals surface area contributed by atoms with Gasteiger partial charge in [-0.3, -0.25) is 4.79 Å². The first-order chi connectivity index (χ1) is 9.45. The summed E-state index contributed by atoms with van der Waals surface area (Å²) in [6, 6.07) is 12.1. The van der Waals surface area contributed by atoms with Crippen LogP contribution in [0.4, 0.5) is 5.69 Å². The predicted molar refractivity (Wildman–Crippen MR) is 84.2 cm³/mol. The van der Waals surface area contributed by atoms with Gasteiger partial charge in [0.1, 0.15) is 0 Å². The van der Waals surface area contributed by atoms with Gasteiger partial charge in [-0.1, -0.05) is 24.3 Å². The molecule has 20 heavy (non-hydrogen) atoms. The van der Waals surface area contributed by atoms with Gasteiger partial charge in [-0.15, -0.1) is 0 Å². The van der Waals surface area contributed by atoms with Crippen molar-refractivity contribution in [2.45, 2.75) is 34.1 Å². The maximum Gasteiger partial charge on any atom is 0.228 e. The van der Waals surface area contributed by atoms with Crippen LogP contribution >= 0.6 is 0 Å². The SMILES string of the molecule is Cc1ccc(CC(=O)Nc2ccc(C)c(C)c2)cc1C. The second kappa shape index (κ2) is 5.91. The molecule has 0 saturated carbocycles. The zero-order chi connectivity index (χ0) is 14.7. The standard InChI is InChI=1S/C18H21NO/c1-12-5-7-16(9-14(12)3)11-18(20)19-17-8-6-13(2)15(4)10-17/h5-10H,11H2,1-4H3,(H,19,20). The van der Waals surface area contributed by atoms with Crippen molar-refractivity contribution in [2.75, 3.05) is 5.32 Å². The van der Waals surface area contributed by atoms with Crippen molar-refractivity contribution in [2.24, 2.45) is 0 Å². The molecular weight excluding hydrogens is 246 g/mol. The Morgan fingerprint density at radius 3 is 2.05 bits per heavy atom. The average molecular weight is 267 g/mol. The molecule has 0 aliphatic carbocycles. The summed E-state index contributed by atoms with van der Waals surface area (Å²) in [6.07, 6.45) is 0.411. The molecular formula is C18H21NO. The topological polar surface area (TPSA) is 29.1 Å². The molecule has 0 aliphatic rings. The second-order valence-electron chi connectivity index (χ2n) is 5.44. The highest BCUT2D eigenvalue weighted by atomic mass is 16.1. The van der Waals surface area contributed by atoms with Crippen LogP contribution in [-0.4, -0.2) is 5.91 Å². The van der Waals surface area contributed by atoms with Crippen molar-refractivity contribution >= 4 is 11.6 Å². The first-order valence-corrected chi connectivity index (χ1v) is 6.89. The van der Waals surface area contributed by atoms with Crippen molar-refractivity contribution in [1.82, 2.24) is 0 Å². The summed E-state index contributed by atoms with van der Waals surface area (Å²) < 4.78 is 0. The number of hydrogen-bond donors (Lipinski definition) is 1. The number of aryl methyl sites for hydroxylation is 4. The predicted octanol–water partition coefficient (Wildman–Crippen LogP) is 4.10. The Balaban J connectivity index is 2.04. The summed E-state index contributed by atoms with van der Waals surface area (Å²) in [5, 5.41) is 2.95. The number of nitrogens with one attached hydrogen (secondary N) is 1. The summed E-state index contributed by atoms with van der Waals surface area (Å²) in [5.74, 6) is 0.0245. The monoisotopic (exact) mass is 267 g/mol. The molecule has 0 heterocycles. The summed E-state index contributed by atoms with van der Waals surface area (Å²) in [5.41, 5.74) is 6.81. The van der Waals surface area contributed by atoms with Gasteiger partial charge in [0.2, 0.25) is 5.91 Å². The molecule has 0 aromatic heterocycles. The van der Waals surface area contributed by atoms with E-state index in [1.807, 2.05) is 31.2 Å². The molecule has 0 atom stereocenters. The van der Waals surface area contributed by atoms with Crippen LogP contribution in [0.5, 0.6) is 0 Å². The molecule has 104 valence electrons. The van der Waals surface area contributed by atoms with E-state index in [4.69, 9.17) is 0 Å². The van der Waals surface area contributed by atoms with Gasteiger partial charge in [-0.25, -0.2) is 0 Å². The number of hydrogen-bond acceptors (Lipinski definition) is 1. The van der Waals surface area contributed by atoms with E-state index < -0.39 is 0 Å². The molecule has 2 aromatic rings. The van der Waals surface area contributed by atoms with E-state index >= 15 is 0 Å². The molecule has 2 rings (SSSR count). The van der Waals surface area contributed by atoms with Crippen LogP contribution in [0.15, 0.2) is 36.4 Å². The number of amides is 1. The lowest BCUT2D eigenvalue weighted by molar-refractivity contribution is -0.115. The minimum Gasteiger partial charge on any atom is -0.326 e. The molecule has 2 heteroatoms. The van der Waals surface area contributed by atoms with E-state index in [2.05, 4.69) is 38.2 Å². The lowest BCUT2D eigenvalue weighted by atomic mass is 10.0. The molecule has 0 unspecified atom stereocenters. The molecule has 2 nitrogen and oxygen atoms in total. The van der Waals surface area contributed by atoms with Gasteiger partial charge in [0.15, 0.2) is 0 Å². The average Bonchev–Trinajstić information content (AvgIpc) is 2.38. The Bertz CT molecular complexity index is 588. The van der Waals surface area contributed by atoms with Gasteiger partial charge in [0.05, 0.1) is 6.42 Å². The van der Waals surface area contributed by atoms with Crippen LogP contribution in [0.3, 0.4) is 0 Å². The summed E-state index contributed by atoms with van der Waals surface area (Å²) >= 11 is 0. The lowest BCUT2D eigenvalue weighted by Gasteiger charge is -2.09. The third-order valence-electron chi connectivity index (χ3n) is 3.73. The number of anilines is 1. The number of carbonyl (C=O) groups is 1. The van der Waals surface area contributed by atoms with E-state index in [-0.39, 0.29) is 5.91 Å². The van der Waals surface area contributed by atoms with E-state index in [0.29, 0.717) is 6.42 Å². The molecule has 1 amide bonds. The van der Waals surface area contributed by atoms with Crippen LogP contribution in [0.1, 0.15) is 27.8 Å². The quantitative estimate of drug-likeness (QED) is 0.891. The maximum absolute atomic E-state index is 12.1. The fourth-order valence-corrected chi connectivity index (χ4v) is 2.12. The van der Waals surface area contributed by atoms with Crippen LogP contribution < -0.4 is 5.32 Å². The fraction of sp³-hybridized carbons (Fsp3) is 0.278. The summed E-state index contributed by atoms with van der Waals surface area (Å²) in [4.78, 5) is 12.1. The van der Waals surface area contributed by atoms with Crippen molar-refractivity contribution in [1.29, 1.82) is 0 Å². The van der Waals surface area contributed by atoms with Crippen LogP contribution in [0.2, 0.25) is 0 Å². The smallest absolute Gasteiger partial charge is 0.228 e. The van der Waals surface area contributed by atoms with Crippen molar-refractivity contribution in [3.63, 3.8) is 0 Å². The van der Waals surface area contributed by atoms with Gasteiger partial charge < -0.3 is 5.32 Å². The second-order valence-corrected chi connectivity index (χ2v) is 5.44. The van der Waals surface area contributed by atoms with Crippen LogP contribution in [0.25, 0.3) is 0 Å². The third kappa shape index (κ3) is 3.47. The lowest BCUT2D eigenvalue weighted by Crippen LogP contribution is -2.14. The first-order valence-electron chi connectivity index (χ1n) is 6.89. The highest BCUT2D eigenvalue weighted by Crippen LogP contribution is 2.15. The van der Waals surface area contributed by atoms with Gasteiger partial charge in [0, 0.05) is 5.69 Å². The van der Waals surface area contributed by atoms with E-state index in [1.165, 1.54) is 22.3 Å². The van der Waals surface area contributed by atoms with Crippen molar-refractivity contribution < 1.29 is 4.79 Å². The molecule has 0 saturated heterocycles. The molecule has 0 aliphatic heterocycles. The molecule has 1 N–H and O–H groups in total. The molecule has 0 bridgehead atoms. The minimum absolute atomic E-state index is 0.0245. The Kier molecular flexibility index (Phi) is 4.23. The Hall–Kier alpha value is -2.09. The molecule has 0 spiro atoms. The summed E-state index contributed by atoms with van der Waals surface area (Å²) in [6.45, 7) is 8.26. The zero-order valence-corrected chi connectivity index (χ0v) is 12.6. The molecule has 0 radical (unpaired) electrons. The van der Waals surface area contributed by atoms with Gasteiger partial charge in [0.25, 0.3) is 0 Å². The number of rotatable bonds is 3. The van der Waals surface area contributed by atoms with Gasteiger partial charge in [-0.05, 0) is 67.6 Å². The van der Waals surface area contributed by atoms with Crippen LogP contribution in [-0.2, 0) is 11.2 Å². The normalized spacial score (nSPS) is 10.4. The number of carbonyl (C=O) groups excluding carboxylic acids is 1. The third-order valence-corrected chi connectivity index (χ3v) is 3.73. The highest BCUT2D eigenvalue weighted by molar-refractivity contribution is 5.92. The Morgan fingerprint density at radius 2 is 1.45 bits per heavy atom. The fourth-order valence-electron chi connectivity index (χ4n) is 2.12. The zero-order valence-electron chi connectivity index (χ0n) is 12.6. The molecule has 2 aromatic carbocycles. The van der Waals surface area contributed by atoms with E-state index in [9.17, 15) is 4.79 Å². The minimum atomic E-state index is 0.0245.